The Morgan fingerprint density at radius 2 is 1.58 bits per heavy atom. The number of rotatable bonds is 4. The highest BCUT2D eigenvalue weighted by atomic mass is 35.5. The molecule has 0 aromatic heterocycles. The molecule has 0 saturated heterocycles. The SMILES string of the molecule is C=CC(=O)Nc1ccc(Sc2ccc(Cl)cc2)cc1. The van der Waals surface area contributed by atoms with Crippen LogP contribution in [-0.4, -0.2) is 5.91 Å². The first kappa shape index (κ1) is 13.7. The van der Waals surface area contributed by atoms with E-state index in [2.05, 4.69) is 11.9 Å². The van der Waals surface area contributed by atoms with Crippen LogP contribution in [0, 0.1) is 0 Å². The standard InChI is InChI=1S/C15H12ClNOS/c1-2-15(18)17-12-5-9-14(10-6-12)19-13-7-3-11(16)4-8-13/h2-10H,1H2,(H,17,18). The zero-order valence-electron chi connectivity index (χ0n) is 10.1. The summed E-state index contributed by atoms with van der Waals surface area (Å²) in [4.78, 5) is 13.4. The molecule has 0 saturated carbocycles. The lowest BCUT2D eigenvalue weighted by Crippen LogP contribution is -2.06. The summed E-state index contributed by atoms with van der Waals surface area (Å²) < 4.78 is 0. The maximum Gasteiger partial charge on any atom is 0.247 e. The summed E-state index contributed by atoms with van der Waals surface area (Å²) in [6, 6.07) is 15.3. The van der Waals surface area contributed by atoms with Gasteiger partial charge in [-0.15, -0.1) is 0 Å². The van der Waals surface area contributed by atoms with Crippen LogP contribution in [0.4, 0.5) is 5.69 Å². The van der Waals surface area contributed by atoms with Gasteiger partial charge in [0.15, 0.2) is 0 Å². The van der Waals surface area contributed by atoms with Crippen molar-refractivity contribution in [3.8, 4) is 0 Å². The molecule has 0 aliphatic rings. The van der Waals surface area contributed by atoms with Crippen molar-refractivity contribution in [2.75, 3.05) is 5.32 Å². The van der Waals surface area contributed by atoms with Crippen molar-refractivity contribution in [1.29, 1.82) is 0 Å². The smallest absolute Gasteiger partial charge is 0.247 e. The lowest BCUT2D eigenvalue weighted by Gasteiger charge is -2.05. The number of carbonyl (C=O) groups excluding carboxylic acids is 1. The van der Waals surface area contributed by atoms with Crippen LogP contribution in [0.25, 0.3) is 0 Å². The largest absolute Gasteiger partial charge is 0.323 e. The van der Waals surface area contributed by atoms with E-state index in [1.807, 2.05) is 48.5 Å². The third-order valence-electron chi connectivity index (χ3n) is 2.36. The normalized spacial score (nSPS) is 9.95. The summed E-state index contributed by atoms with van der Waals surface area (Å²) in [5.74, 6) is -0.210. The van der Waals surface area contributed by atoms with Crippen LogP contribution in [0.5, 0.6) is 0 Å². The molecular weight excluding hydrogens is 278 g/mol. The van der Waals surface area contributed by atoms with Gasteiger partial charge in [0, 0.05) is 20.5 Å². The second-order valence-electron chi connectivity index (χ2n) is 3.77. The maximum atomic E-state index is 11.1. The molecule has 0 atom stereocenters. The lowest BCUT2D eigenvalue weighted by atomic mass is 10.3. The molecule has 4 heteroatoms. The highest BCUT2D eigenvalue weighted by Gasteiger charge is 2.00. The Kier molecular flexibility index (Phi) is 4.66. The Morgan fingerprint density at radius 1 is 1.05 bits per heavy atom. The monoisotopic (exact) mass is 289 g/mol. The molecule has 2 aromatic carbocycles. The van der Waals surface area contributed by atoms with Gasteiger partial charge < -0.3 is 5.32 Å². The van der Waals surface area contributed by atoms with Gasteiger partial charge in [-0.05, 0) is 54.6 Å². The van der Waals surface area contributed by atoms with E-state index >= 15 is 0 Å². The molecule has 0 radical (unpaired) electrons. The third kappa shape index (κ3) is 4.16. The summed E-state index contributed by atoms with van der Waals surface area (Å²) in [6.07, 6.45) is 1.25. The molecule has 2 nitrogen and oxygen atoms in total. The second-order valence-corrected chi connectivity index (χ2v) is 5.36. The first-order chi connectivity index (χ1) is 9.17. The zero-order valence-corrected chi connectivity index (χ0v) is 11.7. The van der Waals surface area contributed by atoms with Crippen LogP contribution in [0.3, 0.4) is 0 Å². The van der Waals surface area contributed by atoms with Gasteiger partial charge in [-0.25, -0.2) is 0 Å². The topological polar surface area (TPSA) is 29.1 Å². The van der Waals surface area contributed by atoms with Crippen molar-refractivity contribution in [2.24, 2.45) is 0 Å². The fourth-order valence-electron chi connectivity index (χ4n) is 1.44. The van der Waals surface area contributed by atoms with Crippen molar-refractivity contribution in [3.05, 3.63) is 66.2 Å². The van der Waals surface area contributed by atoms with Gasteiger partial charge in [0.05, 0.1) is 0 Å². The number of nitrogens with one attached hydrogen (secondary N) is 1. The summed E-state index contributed by atoms with van der Waals surface area (Å²) in [5, 5.41) is 3.43. The van der Waals surface area contributed by atoms with Gasteiger partial charge in [0.25, 0.3) is 0 Å². The molecule has 19 heavy (non-hydrogen) atoms. The minimum Gasteiger partial charge on any atom is -0.323 e. The summed E-state index contributed by atoms with van der Waals surface area (Å²) in [7, 11) is 0. The fraction of sp³-hybridized carbons (Fsp3) is 0. The zero-order chi connectivity index (χ0) is 13.7. The van der Waals surface area contributed by atoms with E-state index in [9.17, 15) is 4.79 Å². The highest BCUT2D eigenvalue weighted by Crippen LogP contribution is 2.29. The van der Waals surface area contributed by atoms with E-state index in [0.717, 1.165) is 20.5 Å². The van der Waals surface area contributed by atoms with Gasteiger partial charge in [-0.2, -0.15) is 0 Å². The number of amides is 1. The average molecular weight is 290 g/mol. The van der Waals surface area contributed by atoms with E-state index in [-0.39, 0.29) is 5.91 Å². The van der Waals surface area contributed by atoms with Gasteiger partial charge in [0.1, 0.15) is 0 Å². The van der Waals surface area contributed by atoms with Crippen molar-refractivity contribution < 1.29 is 4.79 Å². The van der Waals surface area contributed by atoms with Crippen molar-refractivity contribution >= 4 is 35.0 Å². The van der Waals surface area contributed by atoms with Crippen LogP contribution in [0.2, 0.25) is 5.02 Å². The van der Waals surface area contributed by atoms with Gasteiger partial charge in [-0.3, -0.25) is 4.79 Å². The third-order valence-corrected chi connectivity index (χ3v) is 3.62. The van der Waals surface area contributed by atoms with Gasteiger partial charge >= 0.3 is 0 Å². The summed E-state index contributed by atoms with van der Waals surface area (Å²) >= 11 is 7.48. The van der Waals surface area contributed by atoms with Crippen LogP contribution < -0.4 is 5.32 Å². The predicted molar refractivity (Wildman–Crippen MR) is 80.8 cm³/mol. The van der Waals surface area contributed by atoms with Crippen LogP contribution in [0.1, 0.15) is 0 Å². The van der Waals surface area contributed by atoms with Crippen molar-refractivity contribution in [3.63, 3.8) is 0 Å². The van der Waals surface area contributed by atoms with E-state index in [1.54, 1.807) is 11.8 Å². The molecule has 0 bridgehead atoms. The van der Waals surface area contributed by atoms with E-state index in [1.165, 1.54) is 6.08 Å². The number of halogens is 1. The van der Waals surface area contributed by atoms with E-state index in [0.29, 0.717) is 0 Å². The molecule has 2 rings (SSSR count). The molecule has 0 fully saturated rings. The molecule has 0 spiro atoms. The van der Waals surface area contributed by atoms with Gasteiger partial charge in [0.2, 0.25) is 5.91 Å². The minimum absolute atomic E-state index is 0.210. The Hall–Kier alpha value is -1.71. The molecule has 0 heterocycles. The number of hydrogen-bond acceptors (Lipinski definition) is 2. The Bertz CT molecular complexity index is 578. The Morgan fingerprint density at radius 3 is 2.11 bits per heavy atom. The molecule has 0 aliphatic heterocycles. The minimum atomic E-state index is -0.210. The van der Waals surface area contributed by atoms with Crippen LogP contribution in [-0.2, 0) is 4.79 Å². The number of anilines is 1. The first-order valence-electron chi connectivity index (χ1n) is 5.64. The van der Waals surface area contributed by atoms with E-state index in [4.69, 9.17) is 11.6 Å². The summed E-state index contributed by atoms with van der Waals surface area (Å²) in [6.45, 7) is 3.41. The molecule has 0 aliphatic carbocycles. The predicted octanol–water partition coefficient (Wildman–Crippen LogP) is 4.62. The van der Waals surface area contributed by atoms with Crippen molar-refractivity contribution in [2.45, 2.75) is 9.79 Å². The highest BCUT2D eigenvalue weighted by molar-refractivity contribution is 7.99. The molecule has 2 aromatic rings. The molecule has 0 unspecified atom stereocenters. The lowest BCUT2D eigenvalue weighted by molar-refractivity contribution is -0.111. The van der Waals surface area contributed by atoms with Crippen LogP contribution in [0.15, 0.2) is 71.0 Å². The summed E-state index contributed by atoms with van der Waals surface area (Å²) in [5.41, 5.74) is 0.755. The van der Waals surface area contributed by atoms with Crippen LogP contribution >= 0.6 is 23.4 Å². The fourth-order valence-corrected chi connectivity index (χ4v) is 2.38. The molecular formula is C15H12ClNOS. The first-order valence-corrected chi connectivity index (χ1v) is 6.84. The van der Waals surface area contributed by atoms with Crippen molar-refractivity contribution in [1.82, 2.24) is 0 Å². The Labute approximate surface area is 121 Å². The second kappa shape index (κ2) is 6.45. The molecule has 1 N–H and O–H groups in total. The number of hydrogen-bond donors (Lipinski definition) is 1. The quantitative estimate of drug-likeness (QED) is 0.832. The molecule has 1 amide bonds. The van der Waals surface area contributed by atoms with E-state index < -0.39 is 0 Å². The Balaban J connectivity index is 2.04. The average Bonchev–Trinajstić information content (AvgIpc) is 2.43. The number of benzene rings is 2. The van der Waals surface area contributed by atoms with Gasteiger partial charge in [-0.1, -0.05) is 29.9 Å². The molecule has 96 valence electrons. The maximum absolute atomic E-state index is 11.1. The number of carbonyl (C=O) groups is 1.